The Morgan fingerprint density at radius 1 is 1.38 bits per heavy atom. The van der Waals surface area contributed by atoms with Gasteiger partial charge < -0.3 is 10.1 Å². The van der Waals surface area contributed by atoms with Gasteiger partial charge in [-0.1, -0.05) is 6.92 Å². The molecule has 6 heteroatoms. The van der Waals surface area contributed by atoms with E-state index >= 15 is 0 Å². The number of ether oxygens (including phenoxy) is 1. The first-order chi connectivity index (χ1) is 9.97. The van der Waals surface area contributed by atoms with Crippen molar-refractivity contribution in [2.75, 3.05) is 13.7 Å². The molecule has 0 aliphatic heterocycles. The number of hydrogen-bond acceptors (Lipinski definition) is 4. The van der Waals surface area contributed by atoms with Gasteiger partial charge in [0.25, 0.3) is 0 Å². The normalized spacial score (nSPS) is 16.7. The van der Waals surface area contributed by atoms with E-state index < -0.39 is 10.0 Å². The lowest BCUT2D eigenvalue weighted by Crippen LogP contribution is -2.34. The molecule has 0 radical (unpaired) electrons. The summed E-state index contributed by atoms with van der Waals surface area (Å²) in [6, 6.07) is 4.98. The Bertz CT molecular complexity index is 583. The van der Waals surface area contributed by atoms with E-state index in [0.29, 0.717) is 23.1 Å². The van der Waals surface area contributed by atoms with Gasteiger partial charge in [-0.15, -0.1) is 0 Å². The van der Waals surface area contributed by atoms with Crippen molar-refractivity contribution in [3.63, 3.8) is 0 Å². The molecule has 0 saturated heterocycles. The van der Waals surface area contributed by atoms with Crippen molar-refractivity contribution in [3.8, 4) is 5.75 Å². The first-order valence-corrected chi connectivity index (χ1v) is 8.86. The Balaban J connectivity index is 2.21. The maximum atomic E-state index is 12.4. The number of rotatable bonds is 8. The Kier molecular flexibility index (Phi) is 5.24. The molecule has 0 spiro atoms. The molecule has 1 atom stereocenters. The van der Waals surface area contributed by atoms with E-state index in [9.17, 15) is 8.42 Å². The van der Waals surface area contributed by atoms with E-state index in [1.807, 2.05) is 13.8 Å². The van der Waals surface area contributed by atoms with Gasteiger partial charge in [-0.25, -0.2) is 13.1 Å². The maximum absolute atomic E-state index is 12.4. The number of sulfonamides is 1. The zero-order valence-corrected chi connectivity index (χ0v) is 13.7. The second-order valence-corrected chi connectivity index (χ2v) is 7.22. The molecule has 5 nitrogen and oxygen atoms in total. The molecule has 0 bridgehead atoms. The molecule has 2 rings (SSSR count). The van der Waals surface area contributed by atoms with Gasteiger partial charge in [0, 0.05) is 18.2 Å². The lowest BCUT2D eigenvalue weighted by molar-refractivity contribution is 0.407. The predicted molar refractivity (Wildman–Crippen MR) is 82.9 cm³/mol. The molecule has 1 aliphatic carbocycles. The molecular weight excluding hydrogens is 288 g/mol. The highest BCUT2D eigenvalue weighted by atomic mass is 32.2. The first kappa shape index (κ1) is 16.3. The highest BCUT2D eigenvalue weighted by Crippen LogP contribution is 2.33. The molecule has 1 saturated carbocycles. The Labute approximate surface area is 127 Å². The summed E-state index contributed by atoms with van der Waals surface area (Å²) in [5, 5.41) is 3.19. The zero-order chi connectivity index (χ0) is 15.5. The summed E-state index contributed by atoms with van der Waals surface area (Å²) in [6.45, 7) is 5.34. The van der Waals surface area contributed by atoms with Crippen molar-refractivity contribution >= 4 is 10.0 Å². The minimum Gasteiger partial charge on any atom is -0.496 e. The predicted octanol–water partition coefficient (Wildman–Crippen LogP) is 1.88. The standard InChI is InChI=1S/C15H24N2O3S/c1-4-16-10-13-9-14(7-8-15(13)20-3)21(18,19)17-11(2)12-5-6-12/h7-9,11-12,16-17H,4-6,10H2,1-3H3. The number of methoxy groups -OCH3 is 1. The molecule has 0 amide bonds. The van der Waals surface area contributed by atoms with Crippen LogP contribution in [0.2, 0.25) is 0 Å². The van der Waals surface area contributed by atoms with Crippen molar-refractivity contribution in [1.29, 1.82) is 0 Å². The van der Waals surface area contributed by atoms with Crippen molar-refractivity contribution in [3.05, 3.63) is 23.8 Å². The van der Waals surface area contributed by atoms with Gasteiger partial charge >= 0.3 is 0 Å². The van der Waals surface area contributed by atoms with Crippen LogP contribution < -0.4 is 14.8 Å². The second kappa shape index (κ2) is 6.77. The first-order valence-electron chi connectivity index (χ1n) is 7.38. The quantitative estimate of drug-likeness (QED) is 0.769. The molecular formula is C15H24N2O3S. The Morgan fingerprint density at radius 3 is 2.67 bits per heavy atom. The molecule has 0 heterocycles. The molecule has 1 aromatic rings. The Hall–Kier alpha value is -1.11. The van der Waals surface area contributed by atoms with Crippen LogP contribution in [-0.4, -0.2) is 28.1 Å². The van der Waals surface area contributed by atoms with E-state index in [2.05, 4.69) is 10.0 Å². The van der Waals surface area contributed by atoms with Crippen molar-refractivity contribution < 1.29 is 13.2 Å². The smallest absolute Gasteiger partial charge is 0.240 e. The summed E-state index contributed by atoms with van der Waals surface area (Å²) in [7, 11) is -1.88. The van der Waals surface area contributed by atoms with Gasteiger partial charge in [0.05, 0.1) is 12.0 Å². The van der Waals surface area contributed by atoms with Crippen LogP contribution in [0.4, 0.5) is 0 Å². The van der Waals surface area contributed by atoms with E-state index in [0.717, 1.165) is 24.9 Å². The summed E-state index contributed by atoms with van der Waals surface area (Å²) in [5.74, 6) is 1.18. The van der Waals surface area contributed by atoms with Crippen LogP contribution in [0, 0.1) is 5.92 Å². The fraction of sp³-hybridized carbons (Fsp3) is 0.600. The third-order valence-electron chi connectivity index (χ3n) is 3.80. The molecule has 1 aromatic carbocycles. The topological polar surface area (TPSA) is 67.4 Å². The van der Waals surface area contributed by atoms with E-state index in [-0.39, 0.29) is 6.04 Å². The molecule has 1 unspecified atom stereocenters. The summed E-state index contributed by atoms with van der Waals surface area (Å²) < 4.78 is 32.9. The fourth-order valence-corrected chi connectivity index (χ4v) is 3.69. The lowest BCUT2D eigenvalue weighted by atomic mass is 10.2. The summed E-state index contributed by atoms with van der Waals surface area (Å²) >= 11 is 0. The molecule has 1 aliphatic rings. The Morgan fingerprint density at radius 2 is 2.10 bits per heavy atom. The van der Waals surface area contributed by atoms with Gasteiger partial charge in [-0.05, 0) is 50.4 Å². The van der Waals surface area contributed by atoms with Crippen LogP contribution in [0.25, 0.3) is 0 Å². The van der Waals surface area contributed by atoms with Crippen LogP contribution in [-0.2, 0) is 16.6 Å². The van der Waals surface area contributed by atoms with Crippen LogP contribution in [0.1, 0.15) is 32.3 Å². The van der Waals surface area contributed by atoms with Gasteiger partial charge in [0.15, 0.2) is 0 Å². The van der Waals surface area contributed by atoms with Crippen LogP contribution in [0.5, 0.6) is 5.75 Å². The summed E-state index contributed by atoms with van der Waals surface area (Å²) in [5.41, 5.74) is 0.848. The van der Waals surface area contributed by atoms with Crippen molar-refractivity contribution in [2.45, 2.75) is 44.2 Å². The second-order valence-electron chi connectivity index (χ2n) is 5.50. The molecule has 1 fully saturated rings. The zero-order valence-electron chi connectivity index (χ0n) is 12.8. The summed E-state index contributed by atoms with van der Waals surface area (Å²) in [4.78, 5) is 0.295. The van der Waals surface area contributed by atoms with Gasteiger partial charge in [-0.3, -0.25) is 0 Å². The monoisotopic (exact) mass is 312 g/mol. The highest BCUT2D eigenvalue weighted by molar-refractivity contribution is 7.89. The van der Waals surface area contributed by atoms with Gasteiger partial charge in [-0.2, -0.15) is 0 Å². The van der Waals surface area contributed by atoms with E-state index in [1.54, 1.807) is 25.3 Å². The maximum Gasteiger partial charge on any atom is 0.240 e. The fourth-order valence-electron chi connectivity index (χ4n) is 2.33. The largest absolute Gasteiger partial charge is 0.496 e. The van der Waals surface area contributed by atoms with Crippen LogP contribution in [0.15, 0.2) is 23.1 Å². The molecule has 2 N–H and O–H groups in total. The van der Waals surface area contributed by atoms with E-state index in [1.165, 1.54) is 0 Å². The molecule has 0 aromatic heterocycles. The van der Waals surface area contributed by atoms with Gasteiger partial charge in [0.1, 0.15) is 5.75 Å². The number of hydrogen-bond donors (Lipinski definition) is 2. The average molecular weight is 312 g/mol. The SMILES string of the molecule is CCNCc1cc(S(=O)(=O)NC(C)C2CC2)ccc1OC. The number of benzene rings is 1. The minimum absolute atomic E-state index is 0.00526. The third kappa shape index (κ3) is 4.18. The summed E-state index contributed by atoms with van der Waals surface area (Å²) in [6.07, 6.45) is 2.22. The van der Waals surface area contributed by atoms with Crippen molar-refractivity contribution in [1.82, 2.24) is 10.0 Å². The third-order valence-corrected chi connectivity index (χ3v) is 5.35. The van der Waals surface area contributed by atoms with Crippen LogP contribution in [0.3, 0.4) is 0 Å². The van der Waals surface area contributed by atoms with Crippen LogP contribution >= 0.6 is 0 Å². The molecule has 21 heavy (non-hydrogen) atoms. The van der Waals surface area contributed by atoms with Gasteiger partial charge in [0.2, 0.25) is 10.0 Å². The number of nitrogens with one attached hydrogen (secondary N) is 2. The minimum atomic E-state index is -3.47. The highest BCUT2D eigenvalue weighted by Gasteiger charge is 2.31. The molecule has 118 valence electrons. The van der Waals surface area contributed by atoms with E-state index in [4.69, 9.17) is 4.74 Å². The van der Waals surface area contributed by atoms with Crippen molar-refractivity contribution in [2.24, 2.45) is 5.92 Å². The average Bonchev–Trinajstić information content (AvgIpc) is 3.28. The lowest BCUT2D eigenvalue weighted by Gasteiger charge is -2.15.